The van der Waals surface area contributed by atoms with Gasteiger partial charge >= 0.3 is 0 Å². The second-order valence-corrected chi connectivity index (χ2v) is 7.29. The molecule has 0 spiro atoms. The minimum absolute atomic E-state index is 0.00468. The average molecular weight is 302 g/mol. The lowest BCUT2D eigenvalue weighted by molar-refractivity contribution is -0.0653. The monoisotopic (exact) mass is 302 g/mol. The van der Waals surface area contributed by atoms with E-state index in [9.17, 15) is 17.9 Å². The summed E-state index contributed by atoms with van der Waals surface area (Å²) >= 11 is 0. The van der Waals surface area contributed by atoms with Crippen LogP contribution >= 0.6 is 0 Å². The van der Waals surface area contributed by atoms with Crippen molar-refractivity contribution in [1.29, 1.82) is 0 Å². The highest BCUT2D eigenvalue weighted by Crippen LogP contribution is 2.33. The topological polar surface area (TPSA) is 83.6 Å². The van der Waals surface area contributed by atoms with Gasteiger partial charge in [-0.05, 0) is 31.0 Å². The van der Waals surface area contributed by atoms with Crippen LogP contribution in [0.15, 0.2) is 17.0 Å². The molecule has 0 aliphatic carbocycles. The average Bonchev–Trinajstić information content (AvgIpc) is 2.30. The summed E-state index contributed by atoms with van der Waals surface area (Å²) < 4.78 is 39.3. The number of aliphatic hydroxyl groups is 1. The van der Waals surface area contributed by atoms with Crippen molar-refractivity contribution in [2.45, 2.75) is 37.2 Å². The lowest BCUT2D eigenvalue weighted by Gasteiger charge is -2.45. The Morgan fingerprint density at radius 3 is 2.60 bits per heavy atom. The van der Waals surface area contributed by atoms with E-state index in [0.29, 0.717) is 12.0 Å². The summed E-state index contributed by atoms with van der Waals surface area (Å²) in [7, 11) is -3.73. The molecule has 1 aromatic rings. The van der Waals surface area contributed by atoms with Gasteiger partial charge in [0.1, 0.15) is 5.82 Å². The molecule has 20 heavy (non-hydrogen) atoms. The molecule has 0 unspecified atom stereocenters. The van der Waals surface area contributed by atoms with Crippen LogP contribution in [0.1, 0.15) is 25.3 Å². The molecular weight excluding hydrogens is 283 g/mol. The van der Waals surface area contributed by atoms with Gasteiger partial charge in [0.05, 0.1) is 16.2 Å². The number of nitrogens with two attached hydrogens (primary N) is 1. The standard InChI is InChI=1S/C13H19FN2O3S/c1-3-4-13(17)7-16(8-13)20(18,19)12-6-11(15)10(14)5-9(12)2/h5-6,17H,3-4,7-8,15H2,1-2H3. The van der Waals surface area contributed by atoms with Crippen molar-refractivity contribution >= 4 is 15.7 Å². The Morgan fingerprint density at radius 1 is 1.45 bits per heavy atom. The Hall–Kier alpha value is -1.18. The molecule has 1 saturated heterocycles. The Morgan fingerprint density at radius 2 is 2.05 bits per heavy atom. The van der Waals surface area contributed by atoms with Crippen molar-refractivity contribution < 1.29 is 17.9 Å². The van der Waals surface area contributed by atoms with Gasteiger partial charge in [-0.25, -0.2) is 12.8 Å². The molecule has 112 valence electrons. The van der Waals surface area contributed by atoms with Crippen molar-refractivity contribution in [3.8, 4) is 0 Å². The second-order valence-electron chi connectivity index (χ2n) is 5.39. The number of hydrogen-bond donors (Lipinski definition) is 2. The zero-order valence-electron chi connectivity index (χ0n) is 11.6. The third kappa shape index (κ3) is 2.53. The van der Waals surface area contributed by atoms with E-state index in [1.165, 1.54) is 11.2 Å². The third-order valence-corrected chi connectivity index (χ3v) is 5.50. The van der Waals surface area contributed by atoms with E-state index < -0.39 is 21.4 Å². The summed E-state index contributed by atoms with van der Waals surface area (Å²) in [5, 5.41) is 10.1. The van der Waals surface area contributed by atoms with Gasteiger partial charge in [-0.15, -0.1) is 0 Å². The Kier molecular flexibility index (Phi) is 3.79. The number of halogens is 1. The number of rotatable bonds is 4. The number of aryl methyl sites for hydroxylation is 1. The van der Waals surface area contributed by atoms with Gasteiger partial charge in [-0.2, -0.15) is 4.31 Å². The maximum Gasteiger partial charge on any atom is 0.243 e. The molecule has 0 saturated carbocycles. The Bertz CT molecular complexity index is 625. The van der Waals surface area contributed by atoms with E-state index in [1.54, 1.807) is 0 Å². The molecule has 1 aromatic carbocycles. The molecule has 1 heterocycles. The van der Waals surface area contributed by atoms with Gasteiger partial charge in [0.25, 0.3) is 0 Å². The first-order valence-electron chi connectivity index (χ1n) is 6.48. The van der Waals surface area contributed by atoms with Crippen molar-refractivity contribution in [2.75, 3.05) is 18.8 Å². The van der Waals surface area contributed by atoms with Crippen LogP contribution in [0.25, 0.3) is 0 Å². The van der Waals surface area contributed by atoms with E-state index in [-0.39, 0.29) is 23.7 Å². The first kappa shape index (κ1) is 15.2. The normalized spacial score (nSPS) is 18.8. The molecule has 7 heteroatoms. The Labute approximate surface area is 118 Å². The minimum Gasteiger partial charge on any atom is -0.396 e. The summed E-state index contributed by atoms with van der Waals surface area (Å²) in [6, 6.07) is 2.25. The largest absolute Gasteiger partial charge is 0.396 e. The van der Waals surface area contributed by atoms with Crippen molar-refractivity contribution in [1.82, 2.24) is 4.31 Å². The maximum atomic E-state index is 13.3. The Balaban J connectivity index is 2.28. The van der Waals surface area contributed by atoms with Crippen LogP contribution in [0, 0.1) is 12.7 Å². The second kappa shape index (κ2) is 4.98. The van der Waals surface area contributed by atoms with Gasteiger partial charge < -0.3 is 10.8 Å². The third-order valence-electron chi connectivity index (χ3n) is 3.57. The predicted octanol–water partition coefficient (Wildman–Crippen LogP) is 1.25. The molecule has 0 aromatic heterocycles. The highest BCUT2D eigenvalue weighted by molar-refractivity contribution is 7.89. The van der Waals surface area contributed by atoms with Crippen LogP contribution in [-0.2, 0) is 10.0 Å². The fraction of sp³-hybridized carbons (Fsp3) is 0.538. The lowest BCUT2D eigenvalue weighted by atomic mass is 9.92. The molecule has 0 radical (unpaired) electrons. The number of hydrogen-bond acceptors (Lipinski definition) is 4. The van der Waals surface area contributed by atoms with Crippen molar-refractivity contribution in [3.05, 3.63) is 23.5 Å². The summed E-state index contributed by atoms with van der Waals surface area (Å²) in [6.07, 6.45) is 1.34. The number of β-amino-alcohol motifs (C(OH)–C–C–N with tert-alkyl or cyclic N) is 1. The maximum absolute atomic E-state index is 13.3. The number of sulfonamides is 1. The zero-order chi connectivity index (χ0) is 15.1. The van der Waals surface area contributed by atoms with Crippen LogP contribution in [-0.4, -0.2) is 36.5 Å². The van der Waals surface area contributed by atoms with Gasteiger partial charge in [-0.3, -0.25) is 0 Å². The molecule has 1 aliphatic heterocycles. The van der Waals surface area contributed by atoms with Crippen LogP contribution in [0.5, 0.6) is 0 Å². The molecule has 5 nitrogen and oxygen atoms in total. The minimum atomic E-state index is -3.73. The molecule has 1 fully saturated rings. The molecular formula is C13H19FN2O3S. The van der Waals surface area contributed by atoms with Crippen molar-refractivity contribution in [2.24, 2.45) is 0 Å². The lowest BCUT2D eigenvalue weighted by Crippen LogP contribution is -2.63. The molecule has 0 amide bonds. The summed E-state index contributed by atoms with van der Waals surface area (Å²) in [6.45, 7) is 3.59. The van der Waals surface area contributed by atoms with E-state index >= 15 is 0 Å². The molecule has 3 N–H and O–H groups in total. The summed E-state index contributed by atoms with van der Waals surface area (Å²) in [4.78, 5) is -0.00468. The number of nitrogen functional groups attached to an aromatic ring is 1. The molecule has 0 bridgehead atoms. The summed E-state index contributed by atoms with van der Waals surface area (Å²) in [5.74, 6) is -0.632. The zero-order valence-corrected chi connectivity index (χ0v) is 12.4. The van der Waals surface area contributed by atoms with Crippen LogP contribution in [0.4, 0.5) is 10.1 Å². The quantitative estimate of drug-likeness (QED) is 0.820. The van der Waals surface area contributed by atoms with Gasteiger partial charge in [-0.1, -0.05) is 13.3 Å². The molecule has 1 aliphatic rings. The number of benzene rings is 1. The van der Waals surface area contributed by atoms with E-state index in [1.807, 2.05) is 6.92 Å². The number of nitrogens with zero attached hydrogens (tertiary/aromatic N) is 1. The van der Waals surface area contributed by atoms with Crippen LogP contribution in [0.3, 0.4) is 0 Å². The van der Waals surface area contributed by atoms with E-state index in [0.717, 1.165) is 18.6 Å². The highest BCUT2D eigenvalue weighted by Gasteiger charge is 2.46. The van der Waals surface area contributed by atoms with Crippen molar-refractivity contribution in [3.63, 3.8) is 0 Å². The number of anilines is 1. The van der Waals surface area contributed by atoms with E-state index in [4.69, 9.17) is 5.73 Å². The summed E-state index contributed by atoms with van der Waals surface area (Å²) in [5.41, 5.74) is 4.61. The fourth-order valence-corrected chi connectivity index (χ4v) is 4.33. The SMILES string of the molecule is CCCC1(O)CN(S(=O)(=O)c2cc(N)c(F)cc2C)C1. The fourth-order valence-electron chi connectivity index (χ4n) is 2.49. The van der Waals surface area contributed by atoms with Gasteiger partial charge in [0.15, 0.2) is 0 Å². The highest BCUT2D eigenvalue weighted by atomic mass is 32.2. The smallest absolute Gasteiger partial charge is 0.243 e. The molecule has 2 rings (SSSR count). The van der Waals surface area contributed by atoms with Crippen LogP contribution < -0.4 is 5.73 Å². The first-order chi connectivity index (χ1) is 9.19. The van der Waals surface area contributed by atoms with Crippen LogP contribution in [0.2, 0.25) is 0 Å². The van der Waals surface area contributed by atoms with Gasteiger partial charge in [0, 0.05) is 13.1 Å². The molecule has 0 atom stereocenters. The predicted molar refractivity (Wildman–Crippen MR) is 74.2 cm³/mol. The van der Waals surface area contributed by atoms with E-state index in [2.05, 4.69) is 0 Å². The first-order valence-corrected chi connectivity index (χ1v) is 7.92. The van der Waals surface area contributed by atoms with Gasteiger partial charge in [0.2, 0.25) is 10.0 Å².